The highest BCUT2D eigenvalue weighted by Gasteiger charge is 2.40. The fourth-order valence-corrected chi connectivity index (χ4v) is 3.30. The molecule has 6 atom stereocenters. The number of hydrogen-bond donors (Lipinski definition) is 6. The molecule has 176 valence electrons. The van der Waals surface area contributed by atoms with Crippen LogP contribution in [-0.4, -0.2) is 86.7 Å². The van der Waals surface area contributed by atoms with Crippen molar-refractivity contribution in [2.45, 2.75) is 76.7 Å². The lowest BCUT2D eigenvalue weighted by Gasteiger charge is -2.30. The van der Waals surface area contributed by atoms with Gasteiger partial charge in [-0.1, -0.05) is 20.3 Å². The predicted molar refractivity (Wildman–Crippen MR) is 108 cm³/mol. The maximum absolute atomic E-state index is 13.0. The van der Waals surface area contributed by atoms with Crippen LogP contribution < -0.4 is 16.4 Å². The number of nitrogens with two attached hydrogens (primary N) is 1. The Balaban J connectivity index is 2.99. The summed E-state index contributed by atoms with van der Waals surface area (Å²) in [5, 5.41) is 32.4. The second-order valence-electron chi connectivity index (χ2n) is 7.83. The van der Waals surface area contributed by atoms with Crippen LogP contribution in [0.4, 0.5) is 0 Å². The first-order valence-corrected chi connectivity index (χ1v) is 10.2. The zero-order chi connectivity index (χ0) is 23.9. The fourth-order valence-electron chi connectivity index (χ4n) is 3.30. The molecule has 12 nitrogen and oxygen atoms in total. The number of amides is 3. The lowest BCUT2D eigenvalue weighted by atomic mass is 9.99. The molecule has 1 fully saturated rings. The Kier molecular flexibility index (Phi) is 9.85. The molecule has 7 N–H and O–H groups in total. The highest BCUT2D eigenvalue weighted by atomic mass is 16.4. The van der Waals surface area contributed by atoms with E-state index in [9.17, 15) is 34.2 Å². The van der Waals surface area contributed by atoms with Gasteiger partial charge in [0.05, 0.1) is 18.6 Å². The smallest absolute Gasteiger partial charge is 0.328 e. The quantitative estimate of drug-likeness (QED) is 0.214. The molecule has 0 saturated carbocycles. The third-order valence-corrected chi connectivity index (χ3v) is 5.44. The van der Waals surface area contributed by atoms with Crippen LogP contribution in [0.2, 0.25) is 0 Å². The zero-order valence-electron chi connectivity index (χ0n) is 17.9. The molecule has 3 amide bonds. The Morgan fingerprint density at radius 1 is 1.13 bits per heavy atom. The van der Waals surface area contributed by atoms with Crippen molar-refractivity contribution in [3.05, 3.63) is 0 Å². The Bertz CT molecular complexity index is 698. The van der Waals surface area contributed by atoms with Gasteiger partial charge in [0.1, 0.15) is 12.1 Å². The van der Waals surface area contributed by atoms with Gasteiger partial charge in [-0.05, 0) is 25.7 Å². The molecule has 0 bridgehead atoms. The number of likely N-dealkylation sites (tertiary alicyclic amines) is 1. The van der Waals surface area contributed by atoms with Crippen LogP contribution in [-0.2, 0) is 24.0 Å². The van der Waals surface area contributed by atoms with Crippen LogP contribution in [0.5, 0.6) is 0 Å². The topological polar surface area (TPSA) is 199 Å². The highest BCUT2D eigenvalue weighted by Crippen LogP contribution is 2.20. The van der Waals surface area contributed by atoms with Crippen LogP contribution in [0.1, 0.15) is 46.5 Å². The first-order chi connectivity index (χ1) is 14.4. The van der Waals surface area contributed by atoms with E-state index < -0.39 is 66.4 Å². The molecule has 1 aliphatic heterocycles. The van der Waals surface area contributed by atoms with E-state index in [0.717, 1.165) is 4.90 Å². The Hall–Kier alpha value is -2.73. The fraction of sp³-hybridized carbons (Fsp3) is 0.737. The van der Waals surface area contributed by atoms with Crippen molar-refractivity contribution in [1.29, 1.82) is 0 Å². The molecular formula is C19H32N4O8. The van der Waals surface area contributed by atoms with Crippen molar-refractivity contribution in [1.82, 2.24) is 15.5 Å². The van der Waals surface area contributed by atoms with Crippen LogP contribution in [0.3, 0.4) is 0 Å². The summed E-state index contributed by atoms with van der Waals surface area (Å²) in [6, 6.07) is -4.98. The van der Waals surface area contributed by atoms with Gasteiger partial charge >= 0.3 is 11.9 Å². The van der Waals surface area contributed by atoms with Gasteiger partial charge in [0.25, 0.3) is 0 Å². The summed E-state index contributed by atoms with van der Waals surface area (Å²) in [6.07, 6.45) is -0.809. The molecule has 1 saturated heterocycles. The van der Waals surface area contributed by atoms with Crippen LogP contribution in [0.15, 0.2) is 0 Å². The first-order valence-electron chi connectivity index (χ1n) is 10.2. The molecule has 0 aromatic rings. The lowest BCUT2D eigenvalue weighted by molar-refractivity contribution is -0.148. The van der Waals surface area contributed by atoms with Crippen molar-refractivity contribution in [2.24, 2.45) is 11.7 Å². The largest absolute Gasteiger partial charge is 0.481 e. The van der Waals surface area contributed by atoms with E-state index in [-0.39, 0.29) is 18.9 Å². The number of aliphatic carboxylic acids is 2. The Morgan fingerprint density at radius 2 is 1.74 bits per heavy atom. The van der Waals surface area contributed by atoms with Crippen molar-refractivity contribution < 1.29 is 39.3 Å². The monoisotopic (exact) mass is 444 g/mol. The SMILES string of the molecule is CCC(C)C(N)C(=O)NC(CC(=O)O)C(=O)N1CCCC1C(=O)NC(C(=O)O)C(C)O. The van der Waals surface area contributed by atoms with Crippen molar-refractivity contribution in [3.8, 4) is 0 Å². The lowest BCUT2D eigenvalue weighted by Crippen LogP contribution is -2.58. The number of hydrogen-bond acceptors (Lipinski definition) is 7. The van der Waals surface area contributed by atoms with Gasteiger partial charge in [-0.2, -0.15) is 0 Å². The predicted octanol–water partition coefficient (Wildman–Crippen LogP) is -1.74. The minimum Gasteiger partial charge on any atom is -0.481 e. The summed E-state index contributed by atoms with van der Waals surface area (Å²) >= 11 is 0. The molecule has 0 aromatic heterocycles. The number of carbonyl (C=O) groups excluding carboxylic acids is 3. The van der Waals surface area contributed by atoms with E-state index in [1.165, 1.54) is 6.92 Å². The van der Waals surface area contributed by atoms with E-state index in [1.807, 2.05) is 6.92 Å². The Morgan fingerprint density at radius 3 is 2.23 bits per heavy atom. The van der Waals surface area contributed by atoms with E-state index in [4.69, 9.17) is 10.8 Å². The average molecular weight is 444 g/mol. The van der Waals surface area contributed by atoms with Gasteiger partial charge in [-0.25, -0.2) is 4.79 Å². The number of aliphatic hydroxyl groups excluding tert-OH is 1. The molecule has 31 heavy (non-hydrogen) atoms. The third-order valence-electron chi connectivity index (χ3n) is 5.44. The van der Waals surface area contributed by atoms with Crippen molar-refractivity contribution in [2.75, 3.05) is 6.54 Å². The molecule has 0 aliphatic carbocycles. The number of nitrogens with zero attached hydrogens (tertiary/aromatic N) is 1. The standard InChI is InChI=1S/C19H32N4O8/c1-4-9(2)14(20)17(28)21-11(8-13(25)26)18(29)23-7-5-6-12(23)16(27)22-15(10(3)24)19(30)31/h9-12,14-15,24H,4-8,20H2,1-3H3,(H,21,28)(H,22,27)(H,25,26)(H,30,31). The Labute approximate surface area is 180 Å². The molecular weight excluding hydrogens is 412 g/mol. The zero-order valence-corrected chi connectivity index (χ0v) is 17.9. The summed E-state index contributed by atoms with van der Waals surface area (Å²) in [4.78, 5) is 61.6. The van der Waals surface area contributed by atoms with Crippen LogP contribution in [0, 0.1) is 5.92 Å². The minimum absolute atomic E-state index is 0.132. The van der Waals surface area contributed by atoms with Gasteiger partial charge in [-0.15, -0.1) is 0 Å². The molecule has 1 aliphatic rings. The van der Waals surface area contributed by atoms with Gasteiger partial charge in [0.15, 0.2) is 6.04 Å². The summed E-state index contributed by atoms with van der Waals surface area (Å²) < 4.78 is 0. The van der Waals surface area contributed by atoms with Crippen molar-refractivity contribution in [3.63, 3.8) is 0 Å². The van der Waals surface area contributed by atoms with Gasteiger partial charge in [-0.3, -0.25) is 19.2 Å². The summed E-state index contributed by atoms with van der Waals surface area (Å²) in [5.74, 6) is -5.18. The van der Waals surface area contributed by atoms with Gasteiger partial charge in [0, 0.05) is 6.54 Å². The van der Waals surface area contributed by atoms with E-state index in [2.05, 4.69) is 10.6 Å². The van der Waals surface area contributed by atoms with Crippen LogP contribution >= 0.6 is 0 Å². The molecule has 1 heterocycles. The molecule has 6 unspecified atom stereocenters. The average Bonchev–Trinajstić information content (AvgIpc) is 3.18. The van der Waals surface area contributed by atoms with Crippen molar-refractivity contribution >= 4 is 29.7 Å². The summed E-state index contributed by atoms with van der Waals surface area (Å²) in [5.41, 5.74) is 5.86. The maximum Gasteiger partial charge on any atom is 0.328 e. The molecule has 12 heteroatoms. The molecule has 0 aromatic carbocycles. The first kappa shape index (κ1) is 26.3. The summed E-state index contributed by atoms with van der Waals surface area (Å²) in [6.45, 7) is 4.92. The number of carboxylic acid groups (broad SMARTS) is 2. The minimum atomic E-state index is -1.56. The second kappa shape index (κ2) is 11.6. The maximum atomic E-state index is 13.0. The second-order valence-corrected chi connectivity index (χ2v) is 7.83. The van der Waals surface area contributed by atoms with Gasteiger partial charge < -0.3 is 36.6 Å². The number of rotatable bonds is 11. The number of carbonyl (C=O) groups is 5. The van der Waals surface area contributed by atoms with E-state index in [0.29, 0.717) is 12.8 Å². The highest BCUT2D eigenvalue weighted by molar-refractivity contribution is 5.96. The number of carboxylic acids is 2. The molecule has 1 rings (SSSR count). The van der Waals surface area contributed by atoms with E-state index >= 15 is 0 Å². The number of aliphatic hydroxyl groups is 1. The van der Waals surface area contributed by atoms with Gasteiger partial charge in [0.2, 0.25) is 17.7 Å². The third kappa shape index (κ3) is 7.17. The normalized spacial score (nSPS) is 20.8. The molecule has 0 spiro atoms. The van der Waals surface area contributed by atoms with Crippen LogP contribution in [0.25, 0.3) is 0 Å². The summed E-state index contributed by atoms with van der Waals surface area (Å²) in [7, 11) is 0. The van der Waals surface area contributed by atoms with E-state index in [1.54, 1.807) is 6.92 Å². The number of nitrogens with one attached hydrogen (secondary N) is 2. The molecule has 0 radical (unpaired) electrons.